The van der Waals surface area contributed by atoms with Crippen LogP contribution in [0, 0.1) is 0 Å². The number of likely N-dealkylation sites (N-methyl/N-ethyl adjacent to an activating group) is 1. The summed E-state index contributed by atoms with van der Waals surface area (Å²) < 4.78 is 22.0. The highest BCUT2D eigenvalue weighted by Crippen LogP contribution is 2.47. The third kappa shape index (κ3) is 4.25. The molecule has 4 aliphatic rings. The summed E-state index contributed by atoms with van der Waals surface area (Å²) in [6.07, 6.45) is 8.55. The Hall–Kier alpha value is -3.05. The zero-order chi connectivity index (χ0) is 29.2. The van der Waals surface area contributed by atoms with Gasteiger partial charge in [-0.2, -0.15) is 4.98 Å². The van der Waals surface area contributed by atoms with E-state index in [1.807, 2.05) is 13.8 Å². The Morgan fingerprint density at radius 3 is 2.57 bits per heavy atom. The van der Waals surface area contributed by atoms with Crippen LogP contribution >= 0.6 is 0 Å². The van der Waals surface area contributed by atoms with Crippen molar-refractivity contribution in [3.63, 3.8) is 0 Å². The third-order valence-corrected chi connectivity index (χ3v) is 10.2. The minimum atomic E-state index is -0.567. The molecule has 3 aromatic heterocycles. The number of carbonyl (C=O) groups is 1. The van der Waals surface area contributed by atoms with Crippen LogP contribution in [-0.2, 0) is 21.4 Å². The van der Waals surface area contributed by atoms with Crippen molar-refractivity contribution in [1.82, 2.24) is 29.2 Å². The van der Waals surface area contributed by atoms with Crippen molar-refractivity contribution in [2.75, 3.05) is 26.8 Å². The van der Waals surface area contributed by atoms with E-state index in [4.69, 9.17) is 24.0 Å². The molecule has 0 radical (unpaired) electrons. The van der Waals surface area contributed by atoms with Gasteiger partial charge in [-0.3, -0.25) is 18.8 Å². The van der Waals surface area contributed by atoms with E-state index >= 15 is 0 Å². The van der Waals surface area contributed by atoms with Gasteiger partial charge in [0.15, 0.2) is 11.2 Å². The molecule has 11 nitrogen and oxygen atoms in total. The first kappa shape index (κ1) is 27.8. The van der Waals surface area contributed by atoms with E-state index < -0.39 is 5.41 Å². The zero-order valence-corrected chi connectivity index (χ0v) is 25.2. The Morgan fingerprint density at radius 2 is 1.86 bits per heavy atom. The second kappa shape index (κ2) is 10.6. The molecule has 0 bridgehead atoms. The number of carbonyl (C=O) groups excluding carboxylic acids is 1. The highest BCUT2D eigenvalue weighted by Gasteiger charge is 2.48. The van der Waals surface area contributed by atoms with E-state index in [1.165, 1.54) is 0 Å². The first-order chi connectivity index (χ1) is 20.3. The standard InChI is InChI=1S/C31H42N6O5/c1-18(2)36-24-28(37(30(36)39)20-12-16-40-17-20)32-27(33-29(24)41-19(3)22-10-8-15-35(22)4)25-21-9-7-14-31(26(21)34-42-25)13-6-5-11-23(31)38/h18-20,22H,5-17H2,1-4H3/t19-,20+,22-,31+/m0/s1. The number of ether oxygens (including phenoxy) is 2. The fourth-order valence-corrected chi connectivity index (χ4v) is 7.99. The molecule has 2 saturated heterocycles. The quantitative estimate of drug-likeness (QED) is 0.420. The van der Waals surface area contributed by atoms with Gasteiger partial charge in [0.2, 0.25) is 17.5 Å². The van der Waals surface area contributed by atoms with Crippen LogP contribution in [0.1, 0.15) is 102 Å². The maximum Gasteiger partial charge on any atom is 0.331 e. The lowest BCUT2D eigenvalue weighted by Crippen LogP contribution is -2.41. The molecule has 2 aliphatic heterocycles. The number of aromatic nitrogens is 5. The van der Waals surface area contributed by atoms with Gasteiger partial charge in [-0.1, -0.05) is 11.6 Å². The molecule has 0 N–H and O–H groups in total. The molecule has 0 amide bonds. The predicted molar refractivity (Wildman–Crippen MR) is 156 cm³/mol. The summed E-state index contributed by atoms with van der Waals surface area (Å²) in [5.74, 6) is 1.50. The lowest BCUT2D eigenvalue weighted by Gasteiger charge is -2.37. The van der Waals surface area contributed by atoms with Crippen molar-refractivity contribution in [3.05, 3.63) is 21.7 Å². The molecule has 226 valence electrons. The molecule has 42 heavy (non-hydrogen) atoms. The van der Waals surface area contributed by atoms with Crippen LogP contribution in [0.15, 0.2) is 9.32 Å². The maximum absolute atomic E-state index is 14.0. The van der Waals surface area contributed by atoms with Crippen molar-refractivity contribution < 1.29 is 18.8 Å². The summed E-state index contributed by atoms with van der Waals surface area (Å²) in [6.45, 7) is 8.16. The summed E-state index contributed by atoms with van der Waals surface area (Å²) in [6, 6.07) is -0.000909. The summed E-state index contributed by atoms with van der Waals surface area (Å²) >= 11 is 0. The van der Waals surface area contributed by atoms with Crippen molar-refractivity contribution in [2.24, 2.45) is 0 Å². The summed E-state index contributed by atoms with van der Waals surface area (Å²) in [7, 11) is 2.13. The molecule has 11 heteroatoms. The van der Waals surface area contributed by atoms with Gasteiger partial charge in [0.25, 0.3) is 0 Å². The van der Waals surface area contributed by atoms with Crippen LogP contribution in [0.5, 0.6) is 5.88 Å². The van der Waals surface area contributed by atoms with E-state index in [1.54, 1.807) is 9.13 Å². The monoisotopic (exact) mass is 578 g/mol. The molecule has 5 heterocycles. The van der Waals surface area contributed by atoms with Crippen LogP contribution in [0.25, 0.3) is 22.7 Å². The number of likely N-dealkylation sites (tertiary alicyclic amines) is 1. The highest BCUT2D eigenvalue weighted by atomic mass is 16.5. The molecule has 4 atom stereocenters. The van der Waals surface area contributed by atoms with Crippen molar-refractivity contribution in [3.8, 4) is 17.5 Å². The van der Waals surface area contributed by atoms with Gasteiger partial charge >= 0.3 is 5.69 Å². The van der Waals surface area contributed by atoms with Crippen LogP contribution in [-0.4, -0.2) is 73.9 Å². The Kier molecular flexibility index (Phi) is 7.00. The van der Waals surface area contributed by atoms with Crippen molar-refractivity contribution in [2.45, 2.75) is 115 Å². The van der Waals surface area contributed by atoms with Crippen LogP contribution in [0.4, 0.5) is 0 Å². The molecule has 0 unspecified atom stereocenters. The van der Waals surface area contributed by atoms with Gasteiger partial charge in [-0.05, 0) is 85.7 Å². The number of imidazole rings is 1. The average Bonchev–Trinajstić information content (AvgIpc) is 3.76. The van der Waals surface area contributed by atoms with Crippen molar-refractivity contribution in [1.29, 1.82) is 0 Å². The molecule has 2 aliphatic carbocycles. The normalized spacial score (nSPS) is 27.4. The molecule has 3 aromatic rings. The van der Waals surface area contributed by atoms with Crippen LogP contribution in [0.2, 0.25) is 0 Å². The number of rotatable bonds is 6. The summed E-state index contributed by atoms with van der Waals surface area (Å²) in [4.78, 5) is 39.6. The van der Waals surface area contributed by atoms with E-state index in [9.17, 15) is 9.59 Å². The van der Waals surface area contributed by atoms with Gasteiger partial charge in [-0.15, -0.1) is 0 Å². The van der Waals surface area contributed by atoms with Gasteiger partial charge in [0.05, 0.1) is 18.1 Å². The fourth-order valence-electron chi connectivity index (χ4n) is 7.99. The molecule has 1 saturated carbocycles. The molecule has 7 rings (SSSR count). The van der Waals surface area contributed by atoms with E-state index in [-0.39, 0.29) is 35.7 Å². The van der Waals surface area contributed by atoms with Gasteiger partial charge in [-0.25, -0.2) is 9.78 Å². The first-order valence-electron chi connectivity index (χ1n) is 15.8. The van der Waals surface area contributed by atoms with Gasteiger partial charge < -0.3 is 14.0 Å². The SMILES string of the molecule is CC(C)n1c(=O)n([C@@H]2CCOC2)c2nc(-c3onc4c3CCC[C@@]43CCCCC3=O)nc(O[C@@H](C)[C@@H]3CCCN3C)c21. The minimum Gasteiger partial charge on any atom is -0.471 e. The lowest BCUT2D eigenvalue weighted by molar-refractivity contribution is -0.127. The van der Waals surface area contributed by atoms with E-state index in [2.05, 4.69) is 24.0 Å². The fraction of sp³-hybridized carbons (Fsp3) is 0.710. The van der Waals surface area contributed by atoms with Crippen LogP contribution < -0.4 is 10.4 Å². The molecule has 0 aromatic carbocycles. The Balaban J connectivity index is 1.42. The van der Waals surface area contributed by atoms with E-state index in [0.717, 1.165) is 75.6 Å². The minimum absolute atomic E-state index is 0.124. The third-order valence-electron chi connectivity index (χ3n) is 10.2. The second-order valence-electron chi connectivity index (χ2n) is 13.1. The average molecular weight is 579 g/mol. The number of Topliss-reactive ketones (excluding diaryl/α,β-unsaturated/α-hetero) is 1. The highest BCUT2D eigenvalue weighted by molar-refractivity contribution is 5.91. The largest absolute Gasteiger partial charge is 0.471 e. The second-order valence-corrected chi connectivity index (χ2v) is 13.1. The van der Waals surface area contributed by atoms with Gasteiger partial charge in [0.1, 0.15) is 17.6 Å². The Bertz CT molecular complexity index is 1570. The predicted octanol–water partition coefficient (Wildman–Crippen LogP) is 4.37. The topological polar surface area (TPSA) is 118 Å². The smallest absolute Gasteiger partial charge is 0.331 e. The number of hydrogen-bond donors (Lipinski definition) is 0. The van der Waals surface area contributed by atoms with Gasteiger partial charge in [0, 0.05) is 30.7 Å². The van der Waals surface area contributed by atoms with E-state index in [0.29, 0.717) is 48.3 Å². The Morgan fingerprint density at radius 1 is 1.02 bits per heavy atom. The summed E-state index contributed by atoms with van der Waals surface area (Å²) in [5, 5.41) is 4.54. The van der Waals surface area contributed by atoms with Crippen molar-refractivity contribution >= 4 is 16.9 Å². The molecular weight excluding hydrogens is 536 g/mol. The molecule has 3 fully saturated rings. The number of ketones is 1. The Labute approximate surface area is 245 Å². The zero-order valence-electron chi connectivity index (χ0n) is 25.2. The molecule has 1 spiro atoms. The van der Waals surface area contributed by atoms with Crippen LogP contribution in [0.3, 0.4) is 0 Å². The number of nitrogens with zero attached hydrogens (tertiary/aromatic N) is 6. The number of fused-ring (bicyclic) bond motifs is 3. The maximum atomic E-state index is 14.0. The summed E-state index contributed by atoms with van der Waals surface area (Å²) in [5.41, 5.74) is 2.12. The first-order valence-corrected chi connectivity index (χ1v) is 15.8. The molecular formula is C31H42N6O5. The lowest BCUT2D eigenvalue weighted by atomic mass is 9.64. The number of hydrogen-bond acceptors (Lipinski definition) is 9.